The van der Waals surface area contributed by atoms with Gasteiger partial charge < -0.3 is 5.32 Å². The third-order valence-corrected chi connectivity index (χ3v) is 5.73. The Bertz CT molecular complexity index is 1230. The van der Waals surface area contributed by atoms with Crippen LogP contribution in [0.5, 0.6) is 0 Å². The molecule has 0 aromatic heterocycles. The van der Waals surface area contributed by atoms with Gasteiger partial charge in [0, 0.05) is 23.9 Å². The molecular formula is C22H21N3O2S. The second-order valence-corrected chi connectivity index (χ2v) is 8.34. The Labute approximate surface area is 165 Å². The molecule has 1 heterocycles. The molecule has 4 rings (SSSR count). The molecule has 6 heteroatoms. The van der Waals surface area contributed by atoms with E-state index in [1.807, 2.05) is 62.4 Å². The van der Waals surface area contributed by atoms with Crippen LogP contribution in [-0.4, -0.2) is 14.3 Å². The molecule has 0 amide bonds. The Kier molecular flexibility index (Phi) is 4.65. The summed E-state index contributed by atoms with van der Waals surface area (Å²) in [5.41, 5.74) is 4.72. The molecule has 1 aliphatic rings. The molecule has 5 nitrogen and oxygen atoms in total. The van der Waals surface area contributed by atoms with Gasteiger partial charge in [0.2, 0.25) is 0 Å². The first-order valence-electron chi connectivity index (χ1n) is 9.03. The Morgan fingerprint density at radius 1 is 0.929 bits per heavy atom. The zero-order valence-corrected chi connectivity index (χ0v) is 16.5. The molecule has 28 heavy (non-hydrogen) atoms. The first-order chi connectivity index (χ1) is 13.4. The molecule has 0 fully saturated rings. The van der Waals surface area contributed by atoms with Gasteiger partial charge >= 0.3 is 10.2 Å². The number of nitrogens with zero attached hydrogens (tertiary/aromatic N) is 1. The summed E-state index contributed by atoms with van der Waals surface area (Å²) in [6.07, 6.45) is 2.21. The average molecular weight is 391 g/mol. The fraction of sp³-hybridized carbons (Fsp3) is 0.136. The highest BCUT2D eigenvalue weighted by atomic mass is 32.2. The summed E-state index contributed by atoms with van der Waals surface area (Å²) < 4.78 is 30.7. The average Bonchev–Trinajstić information content (AvgIpc) is 2.63. The first-order valence-corrected chi connectivity index (χ1v) is 10.5. The van der Waals surface area contributed by atoms with Gasteiger partial charge in [-0.05, 0) is 53.4 Å². The van der Waals surface area contributed by atoms with Gasteiger partial charge in [0.25, 0.3) is 0 Å². The SMILES string of the molecule is Cc1ccc(NC2=NS(=O)(=O)NC(Cc3ccc4ccccc4c3)=C2)cc1C. The Hall–Kier alpha value is -3.12. The van der Waals surface area contributed by atoms with Gasteiger partial charge in [-0.1, -0.05) is 48.5 Å². The molecule has 1 aliphatic heterocycles. The molecule has 0 unspecified atom stereocenters. The summed E-state index contributed by atoms with van der Waals surface area (Å²) in [6.45, 7) is 4.05. The van der Waals surface area contributed by atoms with Crippen LogP contribution in [0.25, 0.3) is 10.8 Å². The summed E-state index contributed by atoms with van der Waals surface area (Å²) in [5.74, 6) is 0.304. The minimum absolute atomic E-state index is 0.304. The monoisotopic (exact) mass is 391 g/mol. The van der Waals surface area contributed by atoms with Crippen LogP contribution in [0.3, 0.4) is 0 Å². The number of hydrogen-bond acceptors (Lipinski definition) is 3. The smallest absolute Gasteiger partial charge is 0.339 e. The minimum Gasteiger partial charge on any atom is -0.339 e. The lowest BCUT2D eigenvalue weighted by molar-refractivity contribution is 0.589. The Balaban J connectivity index is 1.60. The summed E-state index contributed by atoms with van der Waals surface area (Å²) >= 11 is 0. The van der Waals surface area contributed by atoms with Gasteiger partial charge in [0.15, 0.2) is 0 Å². The van der Waals surface area contributed by atoms with Crippen LogP contribution in [0.2, 0.25) is 0 Å². The predicted octanol–water partition coefficient (Wildman–Crippen LogP) is 4.24. The van der Waals surface area contributed by atoms with Crippen molar-refractivity contribution >= 4 is 32.5 Å². The van der Waals surface area contributed by atoms with Crippen molar-refractivity contribution in [3.63, 3.8) is 0 Å². The van der Waals surface area contributed by atoms with E-state index in [-0.39, 0.29) is 0 Å². The number of anilines is 1. The predicted molar refractivity (Wildman–Crippen MR) is 115 cm³/mol. The van der Waals surface area contributed by atoms with Gasteiger partial charge in [0.05, 0.1) is 0 Å². The Morgan fingerprint density at radius 2 is 1.71 bits per heavy atom. The van der Waals surface area contributed by atoms with E-state index in [9.17, 15) is 8.42 Å². The van der Waals surface area contributed by atoms with Gasteiger partial charge in [-0.15, -0.1) is 4.40 Å². The van der Waals surface area contributed by atoms with Crippen LogP contribution in [0.1, 0.15) is 16.7 Å². The van der Waals surface area contributed by atoms with Crippen LogP contribution in [-0.2, 0) is 16.6 Å². The molecule has 0 saturated carbocycles. The molecule has 0 bridgehead atoms. The highest BCUT2D eigenvalue weighted by molar-refractivity contribution is 7.88. The number of allylic oxidation sites excluding steroid dienone is 1. The lowest BCUT2D eigenvalue weighted by atomic mass is 10.0. The fourth-order valence-corrected chi connectivity index (χ4v) is 4.09. The molecular weight excluding hydrogens is 370 g/mol. The molecule has 2 N–H and O–H groups in total. The molecule has 3 aromatic carbocycles. The normalized spacial score (nSPS) is 15.5. The molecule has 142 valence electrons. The molecule has 3 aromatic rings. The van der Waals surface area contributed by atoms with Crippen molar-refractivity contribution in [1.29, 1.82) is 0 Å². The van der Waals surface area contributed by atoms with E-state index >= 15 is 0 Å². The second-order valence-electron chi connectivity index (χ2n) is 7.01. The first kappa shape index (κ1) is 18.3. The van der Waals surface area contributed by atoms with E-state index in [1.165, 1.54) is 5.56 Å². The highest BCUT2D eigenvalue weighted by Gasteiger charge is 2.18. The summed E-state index contributed by atoms with van der Waals surface area (Å²) in [7, 11) is -3.77. The maximum atomic E-state index is 12.2. The molecule has 0 saturated heterocycles. The Morgan fingerprint density at radius 3 is 2.50 bits per heavy atom. The maximum Gasteiger partial charge on any atom is 0.343 e. The van der Waals surface area contributed by atoms with Crippen LogP contribution in [0, 0.1) is 13.8 Å². The third kappa shape index (κ3) is 4.07. The van der Waals surface area contributed by atoms with Crippen LogP contribution >= 0.6 is 0 Å². The zero-order chi connectivity index (χ0) is 19.7. The van der Waals surface area contributed by atoms with Crippen molar-refractivity contribution in [2.75, 3.05) is 5.32 Å². The quantitative estimate of drug-likeness (QED) is 0.701. The summed E-state index contributed by atoms with van der Waals surface area (Å²) in [6, 6.07) is 20.1. The number of benzene rings is 3. The highest BCUT2D eigenvalue weighted by Crippen LogP contribution is 2.20. The number of rotatable bonds is 3. The van der Waals surface area contributed by atoms with Crippen molar-refractivity contribution in [3.8, 4) is 0 Å². The van der Waals surface area contributed by atoms with Crippen molar-refractivity contribution < 1.29 is 8.42 Å². The largest absolute Gasteiger partial charge is 0.343 e. The standard InChI is InChI=1S/C22H21N3O2S/c1-15-7-10-20(11-16(15)2)23-22-14-21(24-28(26,27)25-22)13-17-8-9-18-5-3-4-6-19(18)12-17/h3-12,14,24H,13H2,1-2H3,(H,23,25). The van der Waals surface area contributed by atoms with Crippen LogP contribution in [0.4, 0.5) is 5.69 Å². The van der Waals surface area contributed by atoms with Crippen molar-refractivity contribution in [3.05, 3.63) is 89.1 Å². The number of fused-ring (bicyclic) bond motifs is 1. The van der Waals surface area contributed by atoms with Gasteiger partial charge in [0.1, 0.15) is 5.84 Å². The summed E-state index contributed by atoms with van der Waals surface area (Å²) in [4.78, 5) is 0. The minimum atomic E-state index is -3.77. The van der Waals surface area contributed by atoms with E-state index in [2.05, 4.69) is 26.6 Å². The van der Waals surface area contributed by atoms with Gasteiger partial charge in [-0.2, -0.15) is 8.42 Å². The van der Waals surface area contributed by atoms with Crippen molar-refractivity contribution in [2.24, 2.45) is 4.40 Å². The van der Waals surface area contributed by atoms with Crippen molar-refractivity contribution in [1.82, 2.24) is 4.72 Å². The van der Waals surface area contributed by atoms with E-state index < -0.39 is 10.2 Å². The van der Waals surface area contributed by atoms with Crippen LogP contribution < -0.4 is 10.0 Å². The number of nitrogens with one attached hydrogen (secondary N) is 2. The van der Waals surface area contributed by atoms with Crippen molar-refractivity contribution in [2.45, 2.75) is 20.3 Å². The third-order valence-electron chi connectivity index (χ3n) is 4.78. The number of aryl methyl sites for hydroxylation is 2. The molecule has 0 spiro atoms. The topological polar surface area (TPSA) is 70.6 Å². The summed E-state index contributed by atoms with van der Waals surface area (Å²) in [5, 5.41) is 5.39. The van der Waals surface area contributed by atoms with E-state index in [4.69, 9.17) is 0 Å². The van der Waals surface area contributed by atoms with E-state index in [0.717, 1.165) is 27.6 Å². The lowest BCUT2D eigenvalue weighted by Crippen LogP contribution is -2.30. The second kappa shape index (κ2) is 7.13. The van der Waals surface area contributed by atoms with Gasteiger partial charge in [-0.25, -0.2) is 0 Å². The fourth-order valence-electron chi connectivity index (χ4n) is 3.22. The number of hydrogen-bond donors (Lipinski definition) is 2. The molecule has 0 radical (unpaired) electrons. The molecule has 0 aliphatic carbocycles. The maximum absolute atomic E-state index is 12.2. The zero-order valence-electron chi connectivity index (χ0n) is 15.7. The van der Waals surface area contributed by atoms with E-state index in [1.54, 1.807) is 6.08 Å². The number of amidine groups is 1. The van der Waals surface area contributed by atoms with Gasteiger partial charge in [-0.3, -0.25) is 4.72 Å². The lowest BCUT2D eigenvalue weighted by Gasteiger charge is -2.17. The van der Waals surface area contributed by atoms with Crippen LogP contribution in [0.15, 0.2) is 76.8 Å². The molecule has 0 atom stereocenters. The van der Waals surface area contributed by atoms with E-state index in [0.29, 0.717) is 18.0 Å².